The van der Waals surface area contributed by atoms with Crippen LogP contribution in [0.15, 0.2) is 0 Å². The first-order valence-electron chi connectivity index (χ1n) is 8.81. The number of nitrogens with zero attached hydrogens (tertiary/aromatic N) is 1. The van der Waals surface area contributed by atoms with Crippen LogP contribution in [0.3, 0.4) is 0 Å². The Balaban J connectivity index is 1.85. The number of carbonyl (C=O) groups is 3. The number of likely N-dealkylation sites (tertiary alicyclic amines) is 1. The predicted molar refractivity (Wildman–Crippen MR) is 85.8 cm³/mol. The Labute approximate surface area is 137 Å². The summed E-state index contributed by atoms with van der Waals surface area (Å²) in [6.07, 6.45) is 8.39. The molecule has 0 spiro atoms. The van der Waals surface area contributed by atoms with Crippen LogP contribution in [-0.4, -0.2) is 46.4 Å². The average Bonchev–Trinajstić information content (AvgIpc) is 2.54. The van der Waals surface area contributed by atoms with Crippen LogP contribution in [-0.2, 0) is 14.4 Å². The second-order valence-electron chi connectivity index (χ2n) is 6.88. The van der Waals surface area contributed by atoms with Gasteiger partial charge in [-0.3, -0.25) is 9.59 Å². The van der Waals surface area contributed by atoms with E-state index in [0.717, 1.165) is 25.7 Å². The van der Waals surface area contributed by atoms with E-state index in [4.69, 9.17) is 0 Å². The molecule has 1 saturated heterocycles. The van der Waals surface area contributed by atoms with Crippen molar-refractivity contribution in [1.29, 1.82) is 0 Å². The SMILES string of the molecule is CC(NC(=O)CC1CCCCC1)C(=O)N1CCCC[C@@H]1C(=O)O. The van der Waals surface area contributed by atoms with Gasteiger partial charge in [0.1, 0.15) is 12.1 Å². The molecular weight excluding hydrogens is 296 g/mol. The van der Waals surface area contributed by atoms with Crippen LogP contribution in [0.4, 0.5) is 0 Å². The van der Waals surface area contributed by atoms with E-state index in [1.807, 2.05) is 0 Å². The Morgan fingerprint density at radius 3 is 2.39 bits per heavy atom. The molecule has 1 unspecified atom stereocenters. The molecule has 6 nitrogen and oxygen atoms in total. The number of aliphatic carboxylic acids is 1. The number of carboxylic acid groups (broad SMARTS) is 1. The summed E-state index contributed by atoms with van der Waals surface area (Å²) in [5.74, 6) is -0.915. The molecule has 1 heterocycles. The molecule has 1 saturated carbocycles. The highest BCUT2D eigenvalue weighted by atomic mass is 16.4. The van der Waals surface area contributed by atoms with Gasteiger partial charge in [0.2, 0.25) is 11.8 Å². The maximum absolute atomic E-state index is 12.5. The van der Waals surface area contributed by atoms with Gasteiger partial charge in [-0.2, -0.15) is 0 Å². The number of nitrogens with one attached hydrogen (secondary N) is 1. The summed E-state index contributed by atoms with van der Waals surface area (Å²) in [6.45, 7) is 2.10. The van der Waals surface area contributed by atoms with Gasteiger partial charge in [-0.15, -0.1) is 0 Å². The lowest BCUT2D eigenvalue weighted by Crippen LogP contribution is -2.54. The van der Waals surface area contributed by atoms with E-state index in [2.05, 4.69) is 5.32 Å². The number of piperidine rings is 1. The largest absolute Gasteiger partial charge is 0.480 e. The van der Waals surface area contributed by atoms with Crippen LogP contribution in [0.5, 0.6) is 0 Å². The molecule has 1 aliphatic heterocycles. The molecule has 2 N–H and O–H groups in total. The normalized spacial score (nSPS) is 24.0. The number of carbonyl (C=O) groups excluding carboxylic acids is 2. The fraction of sp³-hybridized carbons (Fsp3) is 0.824. The highest BCUT2D eigenvalue weighted by Crippen LogP contribution is 2.26. The molecule has 6 heteroatoms. The van der Waals surface area contributed by atoms with E-state index >= 15 is 0 Å². The molecule has 23 heavy (non-hydrogen) atoms. The van der Waals surface area contributed by atoms with Crippen molar-refractivity contribution >= 4 is 17.8 Å². The summed E-state index contributed by atoms with van der Waals surface area (Å²) in [6, 6.07) is -1.42. The summed E-state index contributed by atoms with van der Waals surface area (Å²) in [4.78, 5) is 37.3. The van der Waals surface area contributed by atoms with Gasteiger partial charge in [0.25, 0.3) is 0 Å². The summed E-state index contributed by atoms with van der Waals surface area (Å²) in [5, 5.41) is 12.0. The summed E-state index contributed by atoms with van der Waals surface area (Å²) >= 11 is 0. The first-order valence-corrected chi connectivity index (χ1v) is 8.81. The first kappa shape index (κ1) is 17.8. The zero-order chi connectivity index (χ0) is 16.8. The third kappa shape index (κ3) is 4.94. The van der Waals surface area contributed by atoms with Gasteiger partial charge in [-0.1, -0.05) is 19.3 Å². The molecule has 0 aromatic heterocycles. The van der Waals surface area contributed by atoms with Gasteiger partial charge >= 0.3 is 5.97 Å². The molecule has 130 valence electrons. The van der Waals surface area contributed by atoms with Crippen LogP contribution in [0.1, 0.15) is 64.7 Å². The molecular formula is C17H28N2O4. The molecule has 0 aromatic carbocycles. The van der Waals surface area contributed by atoms with Gasteiger partial charge < -0.3 is 15.3 Å². The average molecular weight is 324 g/mol. The molecule has 0 aromatic rings. The van der Waals surface area contributed by atoms with Crippen molar-refractivity contribution in [3.8, 4) is 0 Å². The summed E-state index contributed by atoms with van der Waals surface area (Å²) in [5.41, 5.74) is 0. The lowest BCUT2D eigenvalue weighted by Gasteiger charge is -2.35. The number of rotatable bonds is 5. The van der Waals surface area contributed by atoms with Crippen LogP contribution in [0, 0.1) is 5.92 Å². The van der Waals surface area contributed by atoms with Gasteiger partial charge in [0, 0.05) is 13.0 Å². The topological polar surface area (TPSA) is 86.7 Å². The fourth-order valence-electron chi connectivity index (χ4n) is 3.72. The van der Waals surface area contributed by atoms with Crippen molar-refractivity contribution in [3.05, 3.63) is 0 Å². The standard InChI is InChI=1S/C17H28N2O4/c1-12(18-15(20)11-13-7-3-2-4-8-13)16(21)19-10-6-5-9-14(19)17(22)23/h12-14H,2-11H2,1H3,(H,18,20)(H,22,23)/t12?,14-/m1/s1. The van der Waals surface area contributed by atoms with Crippen molar-refractivity contribution in [2.45, 2.75) is 76.8 Å². The van der Waals surface area contributed by atoms with Crippen LogP contribution >= 0.6 is 0 Å². The Morgan fingerprint density at radius 1 is 1.09 bits per heavy atom. The second-order valence-corrected chi connectivity index (χ2v) is 6.88. The minimum absolute atomic E-state index is 0.0957. The van der Waals surface area contributed by atoms with E-state index in [0.29, 0.717) is 25.3 Å². The summed E-state index contributed by atoms with van der Waals surface area (Å²) in [7, 11) is 0. The van der Waals surface area contributed by atoms with Gasteiger partial charge in [-0.05, 0) is 44.9 Å². The number of carboxylic acids is 1. The number of hydrogen-bond donors (Lipinski definition) is 2. The Bertz CT molecular complexity index is 446. The lowest BCUT2D eigenvalue weighted by molar-refractivity contribution is -0.153. The van der Waals surface area contributed by atoms with Crippen LogP contribution in [0.2, 0.25) is 0 Å². The molecule has 2 rings (SSSR count). The van der Waals surface area contributed by atoms with E-state index in [-0.39, 0.29) is 11.8 Å². The van der Waals surface area contributed by atoms with E-state index in [9.17, 15) is 19.5 Å². The van der Waals surface area contributed by atoms with Crippen molar-refractivity contribution in [3.63, 3.8) is 0 Å². The Hall–Kier alpha value is -1.59. The number of hydrogen-bond acceptors (Lipinski definition) is 3. The van der Waals surface area contributed by atoms with E-state index in [1.54, 1.807) is 6.92 Å². The number of amides is 2. The van der Waals surface area contributed by atoms with Gasteiger partial charge in [0.05, 0.1) is 0 Å². The van der Waals surface area contributed by atoms with Crippen molar-refractivity contribution < 1.29 is 19.5 Å². The molecule has 2 fully saturated rings. The quantitative estimate of drug-likeness (QED) is 0.809. The monoisotopic (exact) mass is 324 g/mol. The maximum atomic E-state index is 12.5. The minimum Gasteiger partial charge on any atom is -0.480 e. The summed E-state index contributed by atoms with van der Waals surface area (Å²) < 4.78 is 0. The minimum atomic E-state index is -0.959. The Morgan fingerprint density at radius 2 is 1.74 bits per heavy atom. The Kier molecular flexibility index (Phi) is 6.42. The molecule has 2 atom stereocenters. The van der Waals surface area contributed by atoms with E-state index in [1.165, 1.54) is 24.2 Å². The van der Waals surface area contributed by atoms with Crippen LogP contribution in [0.25, 0.3) is 0 Å². The highest BCUT2D eigenvalue weighted by Gasteiger charge is 2.34. The lowest BCUT2D eigenvalue weighted by atomic mass is 9.87. The van der Waals surface area contributed by atoms with Crippen LogP contribution < -0.4 is 5.32 Å². The third-order valence-corrected chi connectivity index (χ3v) is 5.02. The van der Waals surface area contributed by atoms with E-state index < -0.39 is 18.1 Å². The molecule has 0 bridgehead atoms. The third-order valence-electron chi connectivity index (χ3n) is 5.02. The van der Waals surface area contributed by atoms with Crippen molar-refractivity contribution in [1.82, 2.24) is 10.2 Å². The maximum Gasteiger partial charge on any atom is 0.326 e. The predicted octanol–water partition coefficient (Wildman–Crippen LogP) is 1.93. The van der Waals surface area contributed by atoms with Crippen molar-refractivity contribution in [2.24, 2.45) is 5.92 Å². The van der Waals surface area contributed by atoms with Gasteiger partial charge in [-0.25, -0.2) is 4.79 Å². The molecule has 0 radical (unpaired) electrons. The highest BCUT2D eigenvalue weighted by molar-refractivity contribution is 5.90. The smallest absolute Gasteiger partial charge is 0.326 e. The van der Waals surface area contributed by atoms with Crippen molar-refractivity contribution in [2.75, 3.05) is 6.54 Å². The zero-order valence-corrected chi connectivity index (χ0v) is 13.9. The zero-order valence-electron chi connectivity index (χ0n) is 13.9. The molecule has 1 aliphatic carbocycles. The first-order chi connectivity index (χ1) is 11.0. The molecule has 2 amide bonds. The second kappa shape index (κ2) is 8.31. The fourth-order valence-corrected chi connectivity index (χ4v) is 3.72. The molecule has 2 aliphatic rings. The van der Waals surface area contributed by atoms with Gasteiger partial charge in [0.15, 0.2) is 0 Å².